The Morgan fingerprint density at radius 3 is 2.95 bits per heavy atom. The molecule has 1 aliphatic carbocycles. The molecule has 3 unspecified atom stereocenters. The van der Waals surface area contributed by atoms with Crippen molar-refractivity contribution in [2.45, 2.75) is 25.3 Å². The van der Waals surface area contributed by atoms with E-state index in [-0.39, 0.29) is 0 Å². The Hall–Kier alpha value is -0.290. The highest BCUT2D eigenvalue weighted by Gasteiger charge is 2.38. The van der Waals surface area contributed by atoms with Crippen LogP contribution in [0.2, 0.25) is 5.02 Å². The number of nitrogens with zero attached hydrogens (tertiary/aromatic N) is 1. The van der Waals surface area contributed by atoms with Crippen LogP contribution < -0.4 is 10.5 Å². The maximum absolute atomic E-state index is 6.26. The summed E-state index contributed by atoms with van der Waals surface area (Å²) >= 11 is 9.41. The van der Waals surface area contributed by atoms with Gasteiger partial charge in [-0.1, -0.05) is 18.0 Å². The first-order valence-corrected chi connectivity index (χ1v) is 8.86. The van der Waals surface area contributed by atoms with Crippen LogP contribution in [0.1, 0.15) is 19.3 Å². The zero-order valence-corrected chi connectivity index (χ0v) is 14.4. The lowest BCUT2D eigenvalue weighted by Gasteiger charge is -2.29. The minimum Gasteiger partial charge on any atom is -0.491 e. The highest BCUT2D eigenvalue weighted by atomic mass is 79.9. The summed E-state index contributed by atoms with van der Waals surface area (Å²) in [6.07, 6.45) is 3.84. The molecule has 3 atom stereocenters. The van der Waals surface area contributed by atoms with E-state index in [2.05, 4.69) is 20.8 Å². The summed E-state index contributed by atoms with van der Waals surface area (Å²) < 4.78 is 6.76. The second kappa shape index (κ2) is 6.86. The van der Waals surface area contributed by atoms with Gasteiger partial charge in [0.15, 0.2) is 0 Å². The van der Waals surface area contributed by atoms with Crippen LogP contribution in [-0.2, 0) is 0 Å². The first kappa shape index (κ1) is 15.6. The van der Waals surface area contributed by atoms with Crippen LogP contribution >= 0.6 is 27.5 Å². The van der Waals surface area contributed by atoms with E-state index in [1.807, 2.05) is 18.2 Å². The Morgan fingerprint density at radius 2 is 2.19 bits per heavy atom. The van der Waals surface area contributed by atoms with Gasteiger partial charge in [-0.15, -0.1) is 0 Å². The molecule has 0 aromatic heterocycles. The Morgan fingerprint density at radius 1 is 1.33 bits per heavy atom. The van der Waals surface area contributed by atoms with Crippen LogP contribution in [0.4, 0.5) is 0 Å². The van der Waals surface area contributed by atoms with Crippen molar-refractivity contribution < 1.29 is 4.74 Å². The minimum atomic E-state index is 0.403. The molecule has 1 saturated carbocycles. The molecule has 0 radical (unpaired) electrons. The van der Waals surface area contributed by atoms with E-state index in [1.165, 1.54) is 25.8 Å². The van der Waals surface area contributed by atoms with Crippen LogP contribution in [0.15, 0.2) is 22.7 Å². The van der Waals surface area contributed by atoms with Gasteiger partial charge >= 0.3 is 0 Å². The van der Waals surface area contributed by atoms with Gasteiger partial charge in [-0.2, -0.15) is 0 Å². The SMILES string of the molecule is NC1CCCC2CN(CCOc3ccc(Cl)cc3Br)CC12. The molecule has 1 aromatic carbocycles. The van der Waals surface area contributed by atoms with Crippen molar-refractivity contribution >= 4 is 27.5 Å². The number of nitrogens with two attached hydrogens (primary N) is 1. The van der Waals surface area contributed by atoms with E-state index in [4.69, 9.17) is 22.1 Å². The van der Waals surface area contributed by atoms with E-state index in [0.29, 0.717) is 23.6 Å². The van der Waals surface area contributed by atoms with Gasteiger partial charge < -0.3 is 10.5 Å². The summed E-state index contributed by atoms with van der Waals surface area (Å²) in [5, 5.41) is 0.715. The number of rotatable bonds is 4. The van der Waals surface area contributed by atoms with E-state index >= 15 is 0 Å². The van der Waals surface area contributed by atoms with Crippen LogP contribution in [0.3, 0.4) is 0 Å². The number of hydrogen-bond acceptors (Lipinski definition) is 3. The lowest BCUT2D eigenvalue weighted by Crippen LogP contribution is -2.38. The molecule has 1 heterocycles. The van der Waals surface area contributed by atoms with Crippen LogP contribution in [-0.4, -0.2) is 37.2 Å². The standard InChI is InChI=1S/C16H22BrClN2O/c17-14-8-12(18)4-5-16(14)21-7-6-20-9-11-2-1-3-15(19)13(11)10-20/h4-5,8,11,13,15H,1-3,6-7,9-10,19H2. The van der Waals surface area contributed by atoms with Crippen molar-refractivity contribution in [3.63, 3.8) is 0 Å². The monoisotopic (exact) mass is 372 g/mol. The van der Waals surface area contributed by atoms with Crippen molar-refractivity contribution in [2.75, 3.05) is 26.2 Å². The number of likely N-dealkylation sites (tertiary alicyclic amines) is 1. The summed E-state index contributed by atoms with van der Waals surface area (Å²) in [5.41, 5.74) is 6.26. The second-order valence-electron chi connectivity index (χ2n) is 6.20. The Labute approximate surface area is 139 Å². The maximum atomic E-state index is 6.26. The summed E-state index contributed by atoms with van der Waals surface area (Å²) in [6.45, 7) is 3.99. The summed E-state index contributed by atoms with van der Waals surface area (Å²) in [7, 11) is 0. The van der Waals surface area contributed by atoms with Gasteiger partial charge in [0.25, 0.3) is 0 Å². The Bertz CT molecular complexity index is 499. The predicted molar refractivity (Wildman–Crippen MR) is 89.9 cm³/mol. The predicted octanol–water partition coefficient (Wildman–Crippen LogP) is 3.54. The van der Waals surface area contributed by atoms with Gasteiger partial charge in [0, 0.05) is 30.7 Å². The molecule has 3 rings (SSSR count). The zero-order valence-electron chi connectivity index (χ0n) is 12.1. The largest absolute Gasteiger partial charge is 0.491 e. The fourth-order valence-electron chi connectivity index (χ4n) is 3.67. The smallest absolute Gasteiger partial charge is 0.133 e. The quantitative estimate of drug-likeness (QED) is 0.877. The lowest BCUT2D eigenvalue weighted by atomic mass is 9.78. The van der Waals surface area contributed by atoms with Crippen LogP contribution in [0, 0.1) is 11.8 Å². The lowest BCUT2D eigenvalue weighted by molar-refractivity contribution is 0.229. The normalized spacial score (nSPS) is 29.4. The average molecular weight is 374 g/mol. The minimum absolute atomic E-state index is 0.403. The van der Waals surface area contributed by atoms with Crippen molar-refractivity contribution in [3.8, 4) is 5.75 Å². The van der Waals surface area contributed by atoms with E-state index in [9.17, 15) is 0 Å². The number of ether oxygens (including phenoxy) is 1. The maximum Gasteiger partial charge on any atom is 0.133 e. The van der Waals surface area contributed by atoms with Crippen molar-refractivity contribution in [1.29, 1.82) is 0 Å². The van der Waals surface area contributed by atoms with Crippen molar-refractivity contribution in [1.82, 2.24) is 4.90 Å². The zero-order chi connectivity index (χ0) is 14.8. The molecule has 1 aromatic rings. The molecule has 2 aliphatic rings. The Kier molecular flexibility index (Phi) is 5.10. The van der Waals surface area contributed by atoms with Crippen molar-refractivity contribution in [2.24, 2.45) is 17.6 Å². The number of halogens is 2. The fraction of sp³-hybridized carbons (Fsp3) is 0.625. The molecule has 2 fully saturated rings. The molecule has 5 heteroatoms. The highest BCUT2D eigenvalue weighted by Crippen LogP contribution is 2.35. The first-order chi connectivity index (χ1) is 10.1. The molecule has 21 heavy (non-hydrogen) atoms. The topological polar surface area (TPSA) is 38.5 Å². The van der Waals surface area contributed by atoms with E-state index in [1.54, 1.807) is 0 Å². The van der Waals surface area contributed by atoms with Gasteiger partial charge in [0.2, 0.25) is 0 Å². The number of hydrogen-bond donors (Lipinski definition) is 1. The average Bonchev–Trinajstić information content (AvgIpc) is 2.86. The Balaban J connectivity index is 1.48. The third-order valence-corrected chi connectivity index (χ3v) is 5.64. The fourth-order valence-corrected chi connectivity index (χ4v) is 4.47. The molecule has 1 aliphatic heterocycles. The molecule has 0 bridgehead atoms. The molecule has 2 N–H and O–H groups in total. The number of benzene rings is 1. The van der Waals surface area contributed by atoms with E-state index in [0.717, 1.165) is 29.2 Å². The summed E-state index contributed by atoms with van der Waals surface area (Å²) in [6, 6.07) is 6.03. The van der Waals surface area contributed by atoms with Crippen molar-refractivity contribution in [3.05, 3.63) is 27.7 Å². The molecule has 0 spiro atoms. The van der Waals surface area contributed by atoms with Gasteiger partial charge in [-0.05, 0) is 58.8 Å². The third-order valence-electron chi connectivity index (χ3n) is 4.79. The summed E-state index contributed by atoms with van der Waals surface area (Å²) in [5.74, 6) is 2.35. The van der Waals surface area contributed by atoms with Gasteiger partial charge in [0.1, 0.15) is 12.4 Å². The second-order valence-corrected chi connectivity index (χ2v) is 7.49. The molecular weight excluding hydrogens is 352 g/mol. The molecule has 3 nitrogen and oxygen atoms in total. The number of fused-ring (bicyclic) bond motifs is 1. The highest BCUT2D eigenvalue weighted by molar-refractivity contribution is 9.10. The van der Waals surface area contributed by atoms with Gasteiger partial charge in [-0.25, -0.2) is 0 Å². The summed E-state index contributed by atoms with van der Waals surface area (Å²) in [4.78, 5) is 2.50. The molecule has 116 valence electrons. The van der Waals surface area contributed by atoms with Gasteiger partial charge in [-0.3, -0.25) is 4.90 Å². The van der Waals surface area contributed by atoms with Gasteiger partial charge in [0.05, 0.1) is 4.47 Å². The molecule has 0 amide bonds. The van der Waals surface area contributed by atoms with Crippen LogP contribution in [0.25, 0.3) is 0 Å². The molecular formula is C16H22BrClN2O. The molecule has 1 saturated heterocycles. The third kappa shape index (κ3) is 3.73. The van der Waals surface area contributed by atoms with E-state index < -0.39 is 0 Å². The van der Waals surface area contributed by atoms with Crippen LogP contribution in [0.5, 0.6) is 5.75 Å². The first-order valence-electron chi connectivity index (χ1n) is 7.69.